The average molecular weight is 163 g/mol. The SMILES string of the molecule is CN(C)CCC[Si](C)(O)O. The molecule has 0 radical (unpaired) electrons. The van der Waals surface area contributed by atoms with E-state index in [9.17, 15) is 0 Å². The second kappa shape index (κ2) is 4.08. The first kappa shape index (κ1) is 10.1. The minimum absolute atomic E-state index is 0.575. The predicted octanol–water partition coefficient (Wildman–Crippen LogP) is -0.00530. The van der Waals surface area contributed by atoms with Gasteiger partial charge in [-0.1, -0.05) is 0 Å². The maximum Gasteiger partial charge on any atom is 0.329 e. The van der Waals surface area contributed by atoms with Crippen molar-refractivity contribution in [2.75, 3.05) is 20.6 Å². The fourth-order valence-corrected chi connectivity index (χ4v) is 1.56. The van der Waals surface area contributed by atoms with Gasteiger partial charge < -0.3 is 14.5 Å². The molecule has 4 heteroatoms. The van der Waals surface area contributed by atoms with Crippen LogP contribution in [0.2, 0.25) is 12.6 Å². The molecule has 0 aromatic rings. The second-order valence-corrected chi connectivity index (χ2v) is 6.06. The maximum absolute atomic E-state index is 9.01. The zero-order chi connectivity index (χ0) is 8.20. The molecular formula is C6H17NO2Si. The van der Waals surface area contributed by atoms with Crippen LogP contribution in [-0.2, 0) is 0 Å². The van der Waals surface area contributed by atoms with E-state index in [4.69, 9.17) is 9.59 Å². The lowest BCUT2D eigenvalue weighted by Crippen LogP contribution is -2.30. The summed E-state index contributed by atoms with van der Waals surface area (Å²) in [6.07, 6.45) is 0.878. The molecule has 0 rings (SSSR count). The normalized spacial score (nSPS) is 12.6. The van der Waals surface area contributed by atoms with E-state index in [0.717, 1.165) is 13.0 Å². The first-order valence-corrected chi connectivity index (χ1v) is 6.11. The molecule has 0 unspecified atom stereocenters. The Morgan fingerprint density at radius 3 is 2.10 bits per heavy atom. The zero-order valence-electron chi connectivity index (χ0n) is 6.96. The Bertz CT molecular complexity index is 90.2. The monoisotopic (exact) mass is 163 g/mol. The quantitative estimate of drug-likeness (QED) is 0.573. The Labute approximate surface area is 63.5 Å². The first-order chi connectivity index (χ1) is 4.42. The maximum atomic E-state index is 9.01. The van der Waals surface area contributed by atoms with Crippen LogP contribution in [0.5, 0.6) is 0 Å². The van der Waals surface area contributed by atoms with Crippen LogP contribution in [0.15, 0.2) is 0 Å². The van der Waals surface area contributed by atoms with Crippen molar-refractivity contribution >= 4 is 8.56 Å². The van der Waals surface area contributed by atoms with Gasteiger partial charge in [0.25, 0.3) is 0 Å². The molecule has 0 fully saturated rings. The lowest BCUT2D eigenvalue weighted by atomic mass is 10.5. The standard InChI is InChI=1S/C6H17NO2Si/c1-7(2)5-4-6-10(3,8)9/h8-9H,4-6H2,1-3H3. The van der Waals surface area contributed by atoms with Gasteiger partial charge in [-0.15, -0.1) is 0 Å². The van der Waals surface area contributed by atoms with E-state index in [1.165, 1.54) is 0 Å². The van der Waals surface area contributed by atoms with Crippen molar-refractivity contribution in [1.82, 2.24) is 4.90 Å². The van der Waals surface area contributed by atoms with Gasteiger partial charge in [-0.2, -0.15) is 0 Å². The topological polar surface area (TPSA) is 43.7 Å². The van der Waals surface area contributed by atoms with Crippen molar-refractivity contribution in [3.63, 3.8) is 0 Å². The Hall–Kier alpha value is 0.0969. The Balaban J connectivity index is 3.21. The summed E-state index contributed by atoms with van der Waals surface area (Å²) in [5.74, 6) is 0. The van der Waals surface area contributed by atoms with E-state index in [2.05, 4.69) is 0 Å². The van der Waals surface area contributed by atoms with Gasteiger partial charge >= 0.3 is 8.56 Å². The summed E-state index contributed by atoms with van der Waals surface area (Å²) in [7, 11) is 1.21. The van der Waals surface area contributed by atoms with E-state index in [1.807, 2.05) is 19.0 Å². The van der Waals surface area contributed by atoms with Gasteiger partial charge in [-0.05, 0) is 39.7 Å². The van der Waals surface area contributed by atoms with Crippen LogP contribution in [0.3, 0.4) is 0 Å². The van der Waals surface area contributed by atoms with Crippen LogP contribution in [0.1, 0.15) is 6.42 Å². The number of hydrogen-bond acceptors (Lipinski definition) is 3. The minimum atomic E-state index is -2.75. The number of rotatable bonds is 4. The lowest BCUT2D eigenvalue weighted by molar-refractivity contribution is 0.353. The van der Waals surface area contributed by atoms with Crippen molar-refractivity contribution < 1.29 is 9.59 Å². The number of nitrogens with zero attached hydrogens (tertiary/aromatic N) is 1. The Kier molecular flexibility index (Phi) is 4.11. The summed E-state index contributed by atoms with van der Waals surface area (Å²) >= 11 is 0. The first-order valence-electron chi connectivity index (χ1n) is 3.51. The van der Waals surface area contributed by atoms with Crippen molar-refractivity contribution in [3.05, 3.63) is 0 Å². The second-order valence-electron chi connectivity index (χ2n) is 3.12. The van der Waals surface area contributed by atoms with Crippen LogP contribution >= 0.6 is 0 Å². The number of hydrogen-bond donors (Lipinski definition) is 2. The highest BCUT2D eigenvalue weighted by Gasteiger charge is 2.19. The molecule has 0 bridgehead atoms. The molecule has 0 aliphatic carbocycles. The molecule has 0 spiro atoms. The molecule has 0 aliphatic heterocycles. The lowest BCUT2D eigenvalue weighted by Gasteiger charge is -2.13. The van der Waals surface area contributed by atoms with Gasteiger partial charge in [0.1, 0.15) is 0 Å². The minimum Gasteiger partial charge on any atom is -0.411 e. The third-order valence-corrected chi connectivity index (χ3v) is 2.56. The van der Waals surface area contributed by atoms with Crippen LogP contribution < -0.4 is 0 Å². The van der Waals surface area contributed by atoms with E-state index >= 15 is 0 Å². The van der Waals surface area contributed by atoms with Gasteiger partial charge in [0.15, 0.2) is 0 Å². The molecule has 0 saturated heterocycles. The zero-order valence-corrected chi connectivity index (χ0v) is 7.96. The predicted molar refractivity (Wildman–Crippen MR) is 44.0 cm³/mol. The van der Waals surface area contributed by atoms with Crippen molar-refractivity contribution in [1.29, 1.82) is 0 Å². The molecule has 0 aromatic heterocycles. The highest BCUT2D eigenvalue weighted by molar-refractivity contribution is 6.63. The van der Waals surface area contributed by atoms with Crippen LogP contribution in [0, 0.1) is 0 Å². The van der Waals surface area contributed by atoms with Gasteiger partial charge in [-0.25, -0.2) is 0 Å². The average Bonchev–Trinajstić information content (AvgIpc) is 1.59. The molecule has 2 N–H and O–H groups in total. The smallest absolute Gasteiger partial charge is 0.329 e. The summed E-state index contributed by atoms with van der Waals surface area (Å²) in [6, 6.07) is 0.575. The van der Waals surface area contributed by atoms with Crippen molar-refractivity contribution in [2.45, 2.75) is 19.0 Å². The summed E-state index contributed by atoms with van der Waals surface area (Å²) < 4.78 is 0. The molecular weight excluding hydrogens is 146 g/mol. The Morgan fingerprint density at radius 1 is 1.30 bits per heavy atom. The van der Waals surface area contributed by atoms with Crippen LogP contribution in [0.25, 0.3) is 0 Å². The Morgan fingerprint density at radius 2 is 1.80 bits per heavy atom. The van der Waals surface area contributed by atoms with Crippen molar-refractivity contribution in [3.8, 4) is 0 Å². The summed E-state index contributed by atoms with van der Waals surface area (Å²) in [5.41, 5.74) is 0. The molecule has 0 aromatic carbocycles. The van der Waals surface area contributed by atoms with E-state index in [-0.39, 0.29) is 0 Å². The molecule has 0 aliphatic rings. The largest absolute Gasteiger partial charge is 0.411 e. The summed E-state index contributed by atoms with van der Waals surface area (Å²) in [4.78, 5) is 20.1. The summed E-state index contributed by atoms with van der Waals surface area (Å²) in [6.45, 7) is 2.48. The van der Waals surface area contributed by atoms with Crippen molar-refractivity contribution in [2.24, 2.45) is 0 Å². The van der Waals surface area contributed by atoms with Gasteiger partial charge in [0.2, 0.25) is 0 Å². The van der Waals surface area contributed by atoms with E-state index in [0.29, 0.717) is 6.04 Å². The molecule has 0 atom stereocenters. The molecule has 62 valence electrons. The third kappa shape index (κ3) is 8.10. The molecule has 3 nitrogen and oxygen atoms in total. The fourth-order valence-electron chi connectivity index (χ4n) is 0.730. The highest BCUT2D eigenvalue weighted by Crippen LogP contribution is 2.03. The molecule has 10 heavy (non-hydrogen) atoms. The fraction of sp³-hybridized carbons (Fsp3) is 1.00. The molecule has 0 saturated carbocycles. The van der Waals surface area contributed by atoms with Crippen LogP contribution in [-0.4, -0.2) is 43.7 Å². The van der Waals surface area contributed by atoms with Crippen LogP contribution in [0.4, 0.5) is 0 Å². The van der Waals surface area contributed by atoms with Gasteiger partial charge in [0.05, 0.1) is 0 Å². The van der Waals surface area contributed by atoms with Gasteiger partial charge in [0, 0.05) is 0 Å². The highest BCUT2D eigenvalue weighted by atomic mass is 28.4. The van der Waals surface area contributed by atoms with E-state index in [1.54, 1.807) is 6.55 Å². The van der Waals surface area contributed by atoms with Gasteiger partial charge in [-0.3, -0.25) is 0 Å². The third-order valence-electron chi connectivity index (χ3n) is 1.26. The molecule has 0 heterocycles. The van der Waals surface area contributed by atoms with E-state index < -0.39 is 8.56 Å². The summed E-state index contributed by atoms with van der Waals surface area (Å²) in [5, 5.41) is 0. The molecule has 0 amide bonds.